The number of carbonyl (C=O) groups is 1. The number of amidine groups is 1. The standard InChI is InChI=1S/C13H20N4O2/c1-13(2,11(14)15)8-16-12(18)17-9-5-4-6-10(7-9)19-3/h4-7H,8H2,1-3H3,(H3,14,15)(H2,16,17,18). The zero-order chi connectivity index (χ0) is 14.5. The monoisotopic (exact) mass is 264 g/mol. The van der Waals surface area contributed by atoms with Crippen LogP contribution < -0.4 is 21.1 Å². The van der Waals surface area contributed by atoms with Gasteiger partial charge in [0, 0.05) is 23.7 Å². The molecule has 2 amide bonds. The molecule has 0 atom stereocenters. The van der Waals surface area contributed by atoms with Crippen molar-refractivity contribution in [1.82, 2.24) is 5.32 Å². The third kappa shape index (κ3) is 4.50. The summed E-state index contributed by atoms with van der Waals surface area (Å²) in [6.45, 7) is 3.88. The first kappa shape index (κ1) is 14.8. The van der Waals surface area contributed by atoms with Gasteiger partial charge >= 0.3 is 6.03 Å². The third-order valence-corrected chi connectivity index (χ3v) is 2.75. The number of hydrogen-bond donors (Lipinski definition) is 4. The van der Waals surface area contributed by atoms with Crippen LogP contribution in [0.3, 0.4) is 0 Å². The van der Waals surface area contributed by atoms with Gasteiger partial charge in [-0.15, -0.1) is 0 Å². The zero-order valence-corrected chi connectivity index (χ0v) is 11.4. The van der Waals surface area contributed by atoms with E-state index in [-0.39, 0.29) is 18.4 Å². The summed E-state index contributed by atoms with van der Waals surface area (Å²) in [4.78, 5) is 11.7. The lowest BCUT2D eigenvalue weighted by molar-refractivity contribution is 0.249. The minimum Gasteiger partial charge on any atom is -0.497 e. The molecule has 0 aromatic heterocycles. The summed E-state index contributed by atoms with van der Waals surface area (Å²) < 4.78 is 5.07. The molecule has 19 heavy (non-hydrogen) atoms. The van der Waals surface area contributed by atoms with E-state index in [1.165, 1.54) is 0 Å². The summed E-state index contributed by atoms with van der Waals surface area (Å²) in [5.74, 6) is 0.705. The molecule has 1 aromatic rings. The van der Waals surface area contributed by atoms with E-state index >= 15 is 0 Å². The van der Waals surface area contributed by atoms with Crippen LogP contribution in [0.25, 0.3) is 0 Å². The number of urea groups is 1. The minimum atomic E-state index is -0.564. The van der Waals surface area contributed by atoms with Crippen molar-refractivity contribution < 1.29 is 9.53 Å². The zero-order valence-electron chi connectivity index (χ0n) is 11.4. The third-order valence-electron chi connectivity index (χ3n) is 2.75. The Hall–Kier alpha value is -2.24. The number of amides is 2. The van der Waals surface area contributed by atoms with Crippen LogP contribution in [0, 0.1) is 10.8 Å². The molecule has 0 aliphatic heterocycles. The minimum absolute atomic E-state index is 0.0363. The molecule has 5 N–H and O–H groups in total. The van der Waals surface area contributed by atoms with Gasteiger partial charge in [0.2, 0.25) is 0 Å². The number of methoxy groups -OCH3 is 1. The van der Waals surface area contributed by atoms with Gasteiger partial charge < -0.3 is 21.1 Å². The number of nitrogens with two attached hydrogens (primary N) is 1. The Kier molecular flexibility index (Phi) is 4.74. The summed E-state index contributed by atoms with van der Waals surface area (Å²) in [7, 11) is 1.56. The Labute approximate surface area is 112 Å². The number of carbonyl (C=O) groups excluding carboxylic acids is 1. The normalized spacial score (nSPS) is 10.7. The predicted octanol–water partition coefficient (Wildman–Crippen LogP) is 1.78. The number of anilines is 1. The van der Waals surface area contributed by atoms with Crippen LogP contribution in [-0.2, 0) is 0 Å². The summed E-state index contributed by atoms with van der Waals surface area (Å²) in [5, 5.41) is 12.8. The molecule has 0 unspecified atom stereocenters. The highest BCUT2D eigenvalue weighted by molar-refractivity contribution is 5.90. The Morgan fingerprint density at radius 2 is 2.16 bits per heavy atom. The van der Waals surface area contributed by atoms with Crippen molar-refractivity contribution in [2.45, 2.75) is 13.8 Å². The van der Waals surface area contributed by atoms with E-state index < -0.39 is 5.41 Å². The molecule has 0 spiro atoms. The molecule has 0 radical (unpaired) electrons. The van der Waals surface area contributed by atoms with Gasteiger partial charge in [0.15, 0.2) is 0 Å². The van der Waals surface area contributed by atoms with Crippen LogP contribution >= 0.6 is 0 Å². The molecule has 6 nitrogen and oxygen atoms in total. The molecule has 0 aliphatic carbocycles. The lowest BCUT2D eigenvalue weighted by Gasteiger charge is -2.23. The maximum absolute atomic E-state index is 11.7. The smallest absolute Gasteiger partial charge is 0.319 e. The highest BCUT2D eigenvalue weighted by Gasteiger charge is 2.22. The summed E-state index contributed by atoms with van der Waals surface area (Å²) >= 11 is 0. The van der Waals surface area contributed by atoms with E-state index in [1.807, 2.05) is 0 Å². The van der Waals surface area contributed by atoms with Gasteiger partial charge in [0.1, 0.15) is 5.75 Å². The Morgan fingerprint density at radius 3 is 2.74 bits per heavy atom. The lowest BCUT2D eigenvalue weighted by atomic mass is 9.92. The average molecular weight is 264 g/mol. The van der Waals surface area contributed by atoms with Crippen molar-refractivity contribution in [2.24, 2.45) is 11.1 Å². The first-order valence-electron chi connectivity index (χ1n) is 5.88. The first-order chi connectivity index (χ1) is 8.85. The topological polar surface area (TPSA) is 100 Å². The van der Waals surface area contributed by atoms with Crippen molar-refractivity contribution in [1.29, 1.82) is 5.41 Å². The lowest BCUT2D eigenvalue weighted by Crippen LogP contribution is -2.43. The molecule has 0 heterocycles. The van der Waals surface area contributed by atoms with Crippen LogP contribution in [0.2, 0.25) is 0 Å². The van der Waals surface area contributed by atoms with Crippen molar-refractivity contribution in [3.05, 3.63) is 24.3 Å². The Balaban J connectivity index is 2.54. The summed E-state index contributed by atoms with van der Waals surface area (Å²) in [6.07, 6.45) is 0. The highest BCUT2D eigenvalue weighted by Crippen LogP contribution is 2.17. The molecule has 0 bridgehead atoms. The SMILES string of the molecule is COc1cccc(NC(=O)NCC(C)(C)C(=N)N)c1. The number of hydrogen-bond acceptors (Lipinski definition) is 3. The molecule has 0 saturated heterocycles. The Morgan fingerprint density at radius 1 is 1.47 bits per heavy atom. The van der Waals surface area contributed by atoms with Crippen LogP contribution in [0.4, 0.5) is 10.5 Å². The molecule has 0 fully saturated rings. The second-order valence-corrected chi connectivity index (χ2v) is 4.84. The highest BCUT2D eigenvalue weighted by atomic mass is 16.5. The number of ether oxygens (including phenoxy) is 1. The van der Waals surface area contributed by atoms with E-state index in [0.29, 0.717) is 11.4 Å². The largest absolute Gasteiger partial charge is 0.497 e. The average Bonchev–Trinajstić information content (AvgIpc) is 2.36. The fourth-order valence-electron chi connectivity index (χ4n) is 1.27. The quantitative estimate of drug-likeness (QED) is 0.481. The second-order valence-electron chi connectivity index (χ2n) is 4.84. The van der Waals surface area contributed by atoms with Gasteiger partial charge in [-0.3, -0.25) is 5.41 Å². The first-order valence-corrected chi connectivity index (χ1v) is 5.88. The van der Waals surface area contributed by atoms with E-state index in [2.05, 4.69) is 10.6 Å². The fraction of sp³-hybridized carbons (Fsp3) is 0.385. The van der Waals surface area contributed by atoms with E-state index in [0.717, 1.165) is 0 Å². The van der Waals surface area contributed by atoms with Crippen LogP contribution in [0.5, 0.6) is 5.75 Å². The number of nitrogens with one attached hydrogen (secondary N) is 3. The number of benzene rings is 1. The van der Waals surface area contributed by atoms with Crippen molar-refractivity contribution >= 4 is 17.6 Å². The molecule has 6 heteroatoms. The van der Waals surface area contributed by atoms with Crippen molar-refractivity contribution in [3.8, 4) is 5.75 Å². The van der Waals surface area contributed by atoms with Gasteiger partial charge in [-0.2, -0.15) is 0 Å². The maximum Gasteiger partial charge on any atom is 0.319 e. The summed E-state index contributed by atoms with van der Waals surface area (Å²) in [6, 6.07) is 6.71. The van der Waals surface area contributed by atoms with Crippen molar-refractivity contribution in [3.63, 3.8) is 0 Å². The van der Waals surface area contributed by atoms with E-state index in [1.54, 1.807) is 45.2 Å². The molecular weight excluding hydrogens is 244 g/mol. The van der Waals surface area contributed by atoms with Crippen LogP contribution in [-0.4, -0.2) is 25.5 Å². The van der Waals surface area contributed by atoms with E-state index in [9.17, 15) is 4.79 Å². The van der Waals surface area contributed by atoms with Gasteiger partial charge in [-0.05, 0) is 12.1 Å². The van der Waals surface area contributed by atoms with Gasteiger partial charge in [-0.25, -0.2) is 4.79 Å². The molecule has 104 valence electrons. The molecule has 0 aliphatic rings. The van der Waals surface area contributed by atoms with Crippen molar-refractivity contribution in [2.75, 3.05) is 19.0 Å². The molecule has 0 saturated carbocycles. The molecule has 1 rings (SSSR count). The van der Waals surface area contributed by atoms with Gasteiger partial charge in [0.25, 0.3) is 0 Å². The number of rotatable bonds is 5. The van der Waals surface area contributed by atoms with Gasteiger partial charge in [-0.1, -0.05) is 19.9 Å². The van der Waals surface area contributed by atoms with Crippen LogP contribution in [0.1, 0.15) is 13.8 Å². The van der Waals surface area contributed by atoms with Gasteiger partial charge in [0.05, 0.1) is 12.9 Å². The predicted molar refractivity (Wildman–Crippen MR) is 75.7 cm³/mol. The van der Waals surface area contributed by atoms with Crippen LogP contribution in [0.15, 0.2) is 24.3 Å². The fourth-order valence-corrected chi connectivity index (χ4v) is 1.27. The maximum atomic E-state index is 11.7. The summed E-state index contributed by atoms with van der Waals surface area (Å²) in [5.41, 5.74) is 5.51. The van der Waals surface area contributed by atoms with E-state index in [4.69, 9.17) is 15.9 Å². The molecular formula is C13H20N4O2. The molecule has 1 aromatic carbocycles. The second kappa shape index (κ2) is 6.08. The Bertz CT molecular complexity index is 471.